The number of sulfonamides is 1. The van der Waals surface area contributed by atoms with Crippen LogP contribution in [0.4, 0.5) is 0 Å². The predicted molar refractivity (Wildman–Crippen MR) is 131 cm³/mol. The Kier molecular flexibility index (Phi) is 7.94. The molecule has 164 valence electrons. The maximum atomic E-state index is 13.2. The molecule has 31 heavy (non-hydrogen) atoms. The third-order valence-corrected chi connectivity index (χ3v) is 8.70. The van der Waals surface area contributed by atoms with E-state index in [-0.39, 0.29) is 17.0 Å². The minimum absolute atomic E-state index is 0.0113. The summed E-state index contributed by atoms with van der Waals surface area (Å²) in [5.74, 6) is 0.566. The summed E-state index contributed by atoms with van der Waals surface area (Å²) in [6.45, 7) is 8.15. The summed E-state index contributed by atoms with van der Waals surface area (Å²) in [6, 6.07) is 25.3. The Bertz CT molecular complexity index is 1060. The molecule has 0 spiro atoms. The molecule has 0 radical (unpaired) electrons. The van der Waals surface area contributed by atoms with E-state index in [1.165, 1.54) is 0 Å². The largest absolute Gasteiger partial charge is 0.307 e. The number of nitrogens with zero attached hydrogens (tertiary/aromatic N) is 1. The average molecular weight is 455 g/mol. The van der Waals surface area contributed by atoms with Gasteiger partial charge in [-0.25, -0.2) is 8.42 Å². The van der Waals surface area contributed by atoms with Crippen molar-refractivity contribution in [3.8, 4) is 0 Å². The molecule has 3 aromatic carbocycles. The van der Waals surface area contributed by atoms with Crippen molar-refractivity contribution in [1.82, 2.24) is 5.32 Å². The molecule has 0 saturated carbocycles. The van der Waals surface area contributed by atoms with Crippen molar-refractivity contribution in [2.45, 2.75) is 49.6 Å². The molecule has 0 aliphatic rings. The van der Waals surface area contributed by atoms with Crippen LogP contribution in [0.2, 0.25) is 0 Å². The monoisotopic (exact) mass is 454 g/mol. The smallest absolute Gasteiger partial charge is 0.143 e. The number of rotatable bonds is 9. The molecule has 1 N–H and O–H groups in total. The van der Waals surface area contributed by atoms with Gasteiger partial charge in [0, 0.05) is 6.04 Å². The van der Waals surface area contributed by atoms with Crippen LogP contribution in [0.5, 0.6) is 0 Å². The van der Waals surface area contributed by atoms with Gasteiger partial charge in [-0.05, 0) is 54.8 Å². The van der Waals surface area contributed by atoms with Crippen LogP contribution in [0.25, 0.3) is 4.13 Å². The zero-order chi connectivity index (χ0) is 22.4. The fourth-order valence-corrected chi connectivity index (χ4v) is 6.83. The van der Waals surface area contributed by atoms with Gasteiger partial charge in [-0.1, -0.05) is 79.6 Å². The second-order valence-corrected chi connectivity index (χ2v) is 11.5. The number of nitrogens with one attached hydrogen (secondary N) is 1. The van der Waals surface area contributed by atoms with Crippen molar-refractivity contribution < 1.29 is 8.42 Å². The normalized spacial score (nSPS) is 13.8. The lowest BCUT2D eigenvalue weighted by atomic mass is 10.1. The number of hydrogen-bond donors (Lipinski definition) is 1. The molecule has 0 aliphatic carbocycles. The lowest BCUT2D eigenvalue weighted by Crippen LogP contribution is -2.33. The molecule has 0 saturated heterocycles. The molecular formula is C25H30N2O2S2. The van der Waals surface area contributed by atoms with E-state index in [1.807, 2.05) is 56.3 Å². The maximum absolute atomic E-state index is 13.2. The van der Waals surface area contributed by atoms with Crippen LogP contribution in [-0.4, -0.2) is 20.2 Å². The molecule has 1 unspecified atom stereocenters. The van der Waals surface area contributed by atoms with Crippen LogP contribution >= 0.6 is 0 Å². The maximum Gasteiger partial charge on any atom is 0.143 e. The van der Waals surface area contributed by atoms with Crippen LogP contribution in [0.3, 0.4) is 0 Å². The zero-order valence-electron chi connectivity index (χ0n) is 18.4. The van der Waals surface area contributed by atoms with Crippen molar-refractivity contribution >= 4 is 21.1 Å². The Balaban J connectivity index is 1.95. The van der Waals surface area contributed by atoms with Gasteiger partial charge < -0.3 is 9.44 Å². The summed E-state index contributed by atoms with van der Waals surface area (Å²) < 4.78 is 30.7. The fraction of sp³-hybridized carbons (Fsp3) is 0.280. The van der Waals surface area contributed by atoms with E-state index in [4.69, 9.17) is 0 Å². The summed E-state index contributed by atoms with van der Waals surface area (Å²) in [5, 5.41) is 3.59. The van der Waals surface area contributed by atoms with Gasteiger partial charge in [-0.2, -0.15) is 0 Å². The van der Waals surface area contributed by atoms with E-state index in [0.717, 1.165) is 21.6 Å². The summed E-state index contributed by atoms with van der Waals surface area (Å²) in [6.07, 6.45) is 0. The summed E-state index contributed by atoms with van der Waals surface area (Å²) in [5.41, 5.74) is 3.28. The first kappa shape index (κ1) is 23.5. The van der Waals surface area contributed by atoms with Gasteiger partial charge in [0.1, 0.15) is 20.7 Å². The molecule has 4 nitrogen and oxygen atoms in total. The van der Waals surface area contributed by atoms with Crippen molar-refractivity contribution in [3.63, 3.8) is 0 Å². The van der Waals surface area contributed by atoms with Gasteiger partial charge in [0.25, 0.3) is 0 Å². The van der Waals surface area contributed by atoms with E-state index in [0.29, 0.717) is 5.75 Å². The van der Waals surface area contributed by atoms with E-state index < -0.39 is 21.1 Å². The molecule has 0 bridgehead atoms. The van der Waals surface area contributed by atoms with Gasteiger partial charge in [0.05, 0.1) is 10.9 Å². The van der Waals surface area contributed by atoms with E-state index >= 15 is 0 Å². The zero-order valence-corrected chi connectivity index (χ0v) is 20.1. The molecule has 0 aromatic heterocycles. The highest BCUT2D eigenvalue weighted by molar-refractivity contribution is 8.14. The SMILES string of the molecule is Cc1ccc([S+](C[C@@H](NC(C)C)c2ccccc2)[N-]S(=O)(=O)c2ccc(C)cc2)cc1. The molecule has 0 heterocycles. The lowest BCUT2D eigenvalue weighted by Gasteiger charge is -2.27. The minimum atomic E-state index is -3.78. The van der Waals surface area contributed by atoms with Crippen LogP contribution in [-0.2, 0) is 21.1 Å². The quantitative estimate of drug-likeness (QED) is 0.422. The molecule has 0 amide bonds. The van der Waals surface area contributed by atoms with Gasteiger partial charge in [0.2, 0.25) is 0 Å². The van der Waals surface area contributed by atoms with Gasteiger partial charge >= 0.3 is 0 Å². The second-order valence-electron chi connectivity index (χ2n) is 7.99. The van der Waals surface area contributed by atoms with Crippen LogP contribution in [0.15, 0.2) is 88.7 Å². The molecule has 6 heteroatoms. The Morgan fingerprint density at radius 3 is 1.94 bits per heavy atom. The van der Waals surface area contributed by atoms with Crippen molar-refractivity contribution in [2.24, 2.45) is 0 Å². The lowest BCUT2D eigenvalue weighted by molar-refractivity contribution is 0.511. The number of benzene rings is 3. The standard InChI is InChI=1S/C25H30N2O2S2/c1-19(2)26-25(22-8-6-5-7-9-22)18-30(23-14-10-20(3)11-15-23)27-31(28,29)24-16-12-21(4)13-17-24/h5-17,19,25-26H,18H2,1-4H3/t25-,30?/m1/s1. The molecular weight excluding hydrogens is 424 g/mol. The molecule has 0 fully saturated rings. The van der Waals surface area contributed by atoms with E-state index in [2.05, 4.69) is 35.4 Å². The first-order chi connectivity index (χ1) is 14.7. The Morgan fingerprint density at radius 2 is 1.39 bits per heavy atom. The van der Waals surface area contributed by atoms with Gasteiger partial charge in [0.15, 0.2) is 0 Å². The van der Waals surface area contributed by atoms with Crippen LogP contribution < -0.4 is 5.32 Å². The van der Waals surface area contributed by atoms with E-state index in [1.54, 1.807) is 24.3 Å². The third kappa shape index (κ3) is 6.68. The van der Waals surface area contributed by atoms with Crippen LogP contribution in [0, 0.1) is 13.8 Å². The second kappa shape index (κ2) is 10.5. The van der Waals surface area contributed by atoms with Crippen molar-refractivity contribution in [3.05, 3.63) is 99.7 Å². The topological polar surface area (TPSA) is 60.3 Å². The summed E-state index contributed by atoms with van der Waals surface area (Å²) in [7, 11) is -3.78. The van der Waals surface area contributed by atoms with E-state index in [9.17, 15) is 8.42 Å². The summed E-state index contributed by atoms with van der Waals surface area (Å²) >= 11 is -0.844. The highest BCUT2D eigenvalue weighted by Crippen LogP contribution is 2.31. The Morgan fingerprint density at radius 1 is 0.839 bits per heavy atom. The number of hydrogen-bond acceptors (Lipinski definition) is 3. The highest BCUT2D eigenvalue weighted by Gasteiger charge is 2.26. The van der Waals surface area contributed by atoms with Crippen molar-refractivity contribution in [2.75, 3.05) is 5.75 Å². The van der Waals surface area contributed by atoms with Gasteiger partial charge in [-0.15, -0.1) is 0 Å². The predicted octanol–water partition coefficient (Wildman–Crippen LogP) is 5.70. The Hall–Kier alpha value is -2.12. The molecule has 3 rings (SSSR count). The molecule has 2 atom stereocenters. The highest BCUT2D eigenvalue weighted by atomic mass is 32.3. The first-order valence-corrected chi connectivity index (χ1v) is 13.2. The molecule has 3 aromatic rings. The first-order valence-electron chi connectivity index (χ1n) is 10.4. The van der Waals surface area contributed by atoms with Crippen molar-refractivity contribution in [1.29, 1.82) is 0 Å². The summed E-state index contributed by atoms with van der Waals surface area (Å²) in [4.78, 5) is 1.16. The minimum Gasteiger partial charge on any atom is -0.307 e. The third-order valence-electron chi connectivity index (χ3n) is 4.86. The number of aryl methyl sites for hydroxylation is 2. The van der Waals surface area contributed by atoms with Gasteiger partial charge in [-0.3, -0.25) is 0 Å². The van der Waals surface area contributed by atoms with Crippen LogP contribution in [0.1, 0.15) is 36.6 Å². The Labute approximate surface area is 189 Å². The fourth-order valence-electron chi connectivity index (χ4n) is 3.22. The molecule has 0 aliphatic heterocycles. The average Bonchev–Trinajstić information content (AvgIpc) is 2.74.